The largest absolute Gasteiger partial charge is 0.466 e. The van der Waals surface area contributed by atoms with Crippen molar-refractivity contribution in [2.24, 2.45) is 0 Å². The van der Waals surface area contributed by atoms with Crippen molar-refractivity contribution < 1.29 is 24.5 Å². The van der Waals surface area contributed by atoms with E-state index in [0.717, 1.165) is 51.4 Å². The molecule has 0 bridgehead atoms. The van der Waals surface area contributed by atoms with Gasteiger partial charge >= 0.3 is 5.97 Å². The number of rotatable bonds is 58. The van der Waals surface area contributed by atoms with E-state index < -0.39 is 12.1 Å². The Labute approximate surface area is 436 Å². The van der Waals surface area contributed by atoms with Crippen LogP contribution in [0.1, 0.15) is 335 Å². The van der Waals surface area contributed by atoms with Crippen molar-refractivity contribution >= 4 is 11.9 Å². The second-order valence-electron chi connectivity index (χ2n) is 21.4. The number of aliphatic hydroxyl groups excluding tert-OH is 2. The predicted molar refractivity (Wildman–Crippen MR) is 306 cm³/mol. The van der Waals surface area contributed by atoms with Crippen LogP contribution in [-0.2, 0) is 14.3 Å². The molecule has 2 unspecified atom stereocenters. The van der Waals surface area contributed by atoms with Crippen LogP contribution in [0.15, 0.2) is 36.5 Å². The Balaban J connectivity index is 3.44. The number of unbranched alkanes of at least 4 members (excludes halogenated alkanes) is 43. The number of nitrogens with one attached hydrogen (secondary N) is 1. The molecule has 0 aliphatic heterocycles. The van der Waals surface area contributed by atoms with Gasteiger partial charge in [-0.1, -0.05) is 294 Å². The zero-order valence-corrected chi connectivity index (χ0v) is 47.0. The molecule has 6 nitrogen and oxygen atoms in total. The summed E-state index contributed by atoms with van der Waals surface area (Å²) in [6, 6.07) is -0.631. The van der Waals surface area contributed by atoms with Gasteiger partial charge in [0.1, 0.15) is 0 Å². The van der Waals surface area contributed by atoms with Gasteiger partial charge < -0.3 is 20.3 Å². The molecule has 0 saturated carbocycles. The van der Waals surface area contributed by atoms with Gasteiger partial charge in [-0.25, -0.2) is 0 Å². The van der Waals surface area contributed by atoms with E-state index in [2.05, 4.69) is 43.5 Å². The summed E-state index contributed by atoms with van der Waals surface area (Å²) in [5, 5.41) is 23.2. The summed E-state index contributed by atoms with van der Waals surface area (Å²) >= 11 is 0. The van der Waals surface area contributed by atoms with Crippen LogP contribution in [0.5, 0.6) is 0 Å². The molecule has 1 amide bonds. The molecule has 0 fully saturated rings. The van der Waals surface area contributed by atoms with Crippen LogP contribution >= 0.6 is 0 Å². The molecule has 0 saturated heterocycles. The van der Waals surface area contributed by atoms with Crippen LogP contribution < -0.4 is 5.32 Å². The molecule has 0 radical (unpaired) electrons. The van der Waals surface area contributed by atoms with Crippen molar-refractivity contribution in [2.75, 3.05) is 13.2 Å². The highest BCUT2D eigenvalue weighted by Gasteiger charge is 2.18. The third-order valence-corrected chi connectivity index (χ3v) is 14.4. The van der Waals surface area contributed by atoms with Crippen LogP contribution in [0.4, 0.5) is 0 Å². The Kier molecular flexibility index (Phi) is 58.0. The standard InChI is InChI=1S/C64H121NO5/c1-3-5-7-9-11-13-15-17-19-21-25-28-32-36-40-44-48-52-56-62(67)61(60-66)65-63(68)57-53-49-45-41-37-33-29-26-23-22-24-27-31-35-39-43-47-51-55-59-70-64(69)58-54-50-46-42-38-34-30-20-18-16-14-12-10-8-6-4-2/h14,16,20,30,52,56,61-62,66-67H,3-13,15,17-19,21-29,31-51,53-55,57-60H2,1-2H3,(H,65,68)/b16-14-,30-20-,56-52+. The van der Waals surface area contributed by atoms with E-state index in [9.17, 15) is 19.8 Å². The molecule has 6 heteroatoms. The van der Waals surface area contributed by atoms with Gasteiger partial charge in [0.2, 0.25) is 5.91 Å². The topological polar surface area (TPSA) is 95.9 Å². The van der Waals surface area contributed by atoms with Gasteiger partial charge in [-0.15, -0.1) is 0 Å². The van der Waals surface area contributed by atoms with Gasteiger partial charge in [-0.3, -0.25) is 9.59 Å². The third-order valence-electron chi connectivity index (χ3n) is 14.4. The van der Waals surface area contributed by atoms with Crippen LogP contribution in [0.25, 0.3) is 0 Å². The number of hydrogen-bond donors (Lipinski definition) is 3. The van der Waals surface area contributed by atoms with E-state index in [-0.39, 0.29) is 18.5 Å². The Hall–Kier alpha value is -1.92. The van der Waals surface area contributed by atoms with E-state index in [0.29, 0.717) is 19.4 Å². The van der Waals surface area contributed by atoms with Crippen molar-refractivity contribution in [3.05, 3.63) is 36.5 Å². The van der Waals surface area contributed by atoms with E-state index >= 15 is 0 Å². The minimum absolute atomic E-state index is 0.00496. The highest BCUT2D eigenvalue weighted by atomic mass is 16.5. The maximum atomic E-state index is 12.5. The number of hydrogen-bond acceptors (Lipinski definition) is 5. The first-order chi connectivity index (χ1) is 34.5. The molecule has 3 N–H and O–H groups in total. The summed E-state index contributed by atoms with van der Waals surface area (Å²) in [4.78, 5) is 24.6. The maximum absolute atomic E-state index is 12.5. The molecule has 2 atom stereocenters. The lowest BCUT2D eigenvalue weighted by atomic mass is 10.0. The zero-order valence-electron chi connectivity index (χ0n) is 47.0. The highest BCUT2D eigenvalue weighted by Crippen LogP contribution is 2.17. The molecular weight excluding hydrogens is 863 g/mol. The molecule has 0 aromatic carbocycles. The number of amides is 1. The van der Waals surface area contributed by atoms with Gasteiger partial charge in [-0.2, -0.15) is 0 Å². The maximum Gasteiger partial charge on any atom is 0.305 e. The lowest BCUT2D eigenvalue weighted by Gasteiger charge is -2.20. The van der Waals surface area contributed by atoms with Crippen LogP contribution in [-0.4, -0.2) is 47.4 Å². The average molecular weight is 985 g/mol. The van der Waals surface area contributed by atoms with E-state index in [4.69, 9.17) is 4.74 Å². The minimum Gasteiger partial charge on any atom is -0.466 e. The highest BCUT2D eigenvalue weighted by molar-refractivity contribution is 5.76. The van der Waals surface area contributed by atoms with Gasteiger partial charge in [0, 0.05) is 12.8 Å². The average Bonchev–Trinajstić information content (AvgIpc) is 3.36. The van der Waals surface area contributed by atoms with E-state index in [1.54, 1.807) is 6.08 Å². The van der Waals surface area contributed by atoms with Gasteiger partial charge in [-0.05, 0) is 64.2 Å². The summed E-state index contributed by atoms with van der Waals surface area (Å²) in [5.74, 6) is -0.0741. The second kappa shape index (κ2) is 59.6. The van der Waals surface area contributed by atoms with Crippen LogP contribution in [0.2, 0.25) is 0 Å². The number of carbonyl (C=O) groups is 2. The molecular formula is C64H121NO5. The fraction of sp³-hybridized carbons (Fsp3) is 0.875. The normalized spacial score (nSPS) is 12.8. The van der Waals surface area contributed by atoms with Gasteiger partial charge in [0.15, 0.2) is 0 Å². The first-order valence-electron chi connectivity index (χ1n) is 31.3. The van der Waals surface area contributed by atoms with Crippen LogP contribution in [0.3, 0.4) is 0 Å². The Morgan fingerprint density at radius 2 is 0.714 bits per heavy atom. The molecule has 0 aliphatic carbocycles. The van der Waals surface area contributed by atoms with E-state index in [1.165, 1.54) is 257 Å². The minimum atomic E-state index is -0.847. The van der Waals surface area contributed by atoms with Crippen molar-refractivity contribution in [3.63, 3.8) is 0 Å². The lowest BCUT2D eigenvalue weighted by Crippen LogP contribution is -2.45. The first-order valence-corrected chi connectivity index (χ1v) is 31.3. The van der Waals surface area contributed by atoms with Crippen molar-refractivity contribution in [1.29, 1.82) is 0 Å². The molecule has 0 aromatic heterocycles. The van der Waals surface area contributed by atoms with Crippen molar-refractivity contribution in [3.8, 4) is 0 Å². The monoisotopic (exact) mass is 984 g/mol. The molecule has 0 aliphatic rings. The zero-order chi connectivity index (χ0) is 50.7. The third kappa shape index (κ3) is 55.4. The Morgan fingerprint density at radius 1 is 0.400 bits per heavy atom. The Bertz CT molecular complexity index is 1130. The second-order valence-corrected chi connectivity index (χ2v) is 21.4. The molecule has 0 rings (SSSR count). The van der Waals surface area contributed by atoms with Crippen molar-refractivity contribution in [1.82, 2.24) is 5.32 Å². The fourth-order valence-electron chi connectivity index (χ4n) is 9.61. The molecule has 0 aromatic rings. The smallest absolute Gasteiger partial charge is 0.305 e. The summed E-state index contributed by atoms with van der Waals surface area (Å²) in [6.07, 6.45) is 74.6. The van der Waals surface area contributed by atoms with Crippen molar-refractivity contribution in [2.45, 2.75) is 347 Å². The summed E-state index contributed by atoms with van der Waals surface area (Å²) in [7, 11) is 0. The molecule has 0 heterocycles. The molecule has 412 valence electrons. The summed E-state index contributed by atoms with van der Waals surface area (Å²) in [5.41, 5.74) is 0. The van der Waals surface area contributed by atoms with E-state index in [1.807, 2.05) is 6.08 Å². The van der Waals surface area contributed by atoms with Crippen LogP contribution in [0, 0.1) is 0 Å². The quantitative estimate of drug-likeness (QED) is 0.0321. The lowest BCUT2D eigenvalue weighted by molar-refractivity contribution is -0.143. The number of esters is 1. The van der Waals surface area contributed by atoms with Gasteiger partial charge in [0.05, 0.1) is 25.4 Å². The fourth-order valence-corrected chi connectivity index (χ4v) is 9.61. The summed E-state index contributed by atoms with van der Waals surface area (Å²) in [6.45, 7) is 4.89. The number of carbonyl (C=O) groups excluding carboxylic acids is 2. The number of aliphatic hydroxyl groups is 2. The number of ether oxygens (including phenoxy) is 1. The Morgan fingerprint density at radius 3 is 1.10 bits per heavy atom. The molecule has 70 heavy (non-hydrogen) atoms. The predicted octanol–water partition coefficient (Wildman–Crippen LogP) is 19.6. The number of allylic oxidation sites excluding steroid dienone is 5. The summed E-state index contributed by atoms with van der Waals surface area (Å²) < 4.78 is 5.48. The first kappa shape index (κ1) is 68.1. The SMILES string of the molecule is CCCCCC/C=C\C/C=C\CCCCCCCC(=O)OCCCCCCCCCCCCCCCCCCCCCC(=O)NC(CO)C(O)/C=C/CCCCCCCCCCCCCCCCCC. The molecule has 0 spiro atoms. The van der Waals surface area contributed by atoms with Gasteiger partial charge in [0.25, 0.3) is 0 Å².